The molecule has 0 aromatic heterocycles. The number of benzene rings is 2. The van der Waals surface area contributed by atoms with Gasteiger partial charge in [0.25, 0.3) is 5.69 Å². The number of non-ortho nitro benzene ring substituents is 1. The molecule has 0 saturated carbocycles. The lowest BCUT2D eigenvalue weighted by Gasteiger charge is -2.22. The SMILES string of the molecule is CN(NC(=O)Nc1cccc([N+](=O)[O-])c1)C(=S)NCc1ccccc1. The van der Waals surface area contributed by atoms with Crippen LogP contribution in [0.2, 0.25) is 0 Å². The van der Waals surface area contributed by atoms with Crippen molar-refractivity contribution in [2.75, 3.05) is 12.4 Å². The summed E-state index contributed by atoms with van der Waals surface area (Å²) in [5.74, 6) is 0. The third-order valence-electron chi connectivity index (χ3n) is 3.18. The Kier molecular flexibility index (Phi) is 6.24. The number of carbonyl (C=O) groups excluding carboxylic acids is 1. The topological polar surface area (TPSA) is 99.5 Å². The van der Waals surface area contributed by atoms with E-state index in [-0.39, 0.29) is 5.69 Å². The minimum atomic E-state index is -0.563. The minimum absolute atomic E-state index is 0.105. The first-order valence-electron chi connectivity index (χ1n) is 7.33. The van der Waals surface area contributed by atoms with Gasteiger partial charge in [-0.05, 0) is 23.8 Å². The van der Waals surface area contributed by atoms with Crippen molar-refractivity contribution in [2.45, 2.75) is 6.54 Å². The average molecular weight is 359 g/mol. The predicted octanol–water partition coefficient (Wildman–Crippen LogP) is 2.64. The maximum absolute atomic E-state index is 12.0. The lowest BCUT2D eigenvalue weighted by Crippen LogP contribution is -2.49. The van der Waals surface area contributed by atoms with Crippen molar-refractivity contribution in [3.8, 4) is 0 Å². The highest BCUT2D eigenvalue weighted by Gasteiger charge is 2.11. The molecule has 0 unspecified atom stereocenters. The number of amides is 2. The quantitative estimate of drug-likeness (QED) is 0.441. The van der Waals surface area contributed by atoms with E-state index in [2.05, 4.69) is 16.1 Å². The van der Waals surface area contributed by atoms with Crippen molar-refractivity contribution in [3.63, 3.8) is 0 Å². The molecule has 2 aromatic rings. The molecule has 8 nitrogen and oxygen atoms in total. The van der Waals surface area contributed by atoms with Gasteiger partial charge in [-0.3, -0.25) is 15.1 Å². The van der Waals surface area contributed by atoms with E-state index >= 15 is 0 Å². The molecule has 0 saturated heterocycles. The van der Waals surface area contributed by atoms with Gasteiger partial charge in [0, 0.05) is 31.4 Å². The van der Waals surface area contributed by atoms with Gasteiger partial charge in [-0.2, -0.15) is 0 Å². The third-order valence-corrected chi connectivity index (χ3v) is 3.59. The number of carbonyl (C=O) groups is 1. The summed E-state index contributed by atoms with van der Waals surface area (Å²) in [6.07, 6.45) is 0. The first kappa shape index (κ1) is 18.1. The number of hydrogen-bond donors (Lipinski definition) is 3. The second-order valence-corrected chi connectivity index (χ2v) is 5.46. The van der Waals surface area contributed by atoms with Crippen LogP contribution in [0, 0.1) is 10.1 Å². The first-order valence-corrected chi connectivity index (χ1v) is 7.74. The molecule has 0 bridgehead atoms. The summed E-state index contributed by atoms with van der Waals surface area (Å²) < 4.78 is 0. The van der Waals surface area contributed by atoms with E-state index in [1.807, 2.05) is 30.3 Å². The van der Waals surface area contributed by atoms with Crippen molar-refractivity contribution in [3.05, 3.63) is 70.3 Å². The van der Waals surface area contributed by atoms with Crippen LogP contribution in [0.5, 0.6) is 0 Å². The average Bonchev–Trinajstić information content (AvgIpc) is 2.60. The smallest absolute Gasteiger partial charge is 0.338 e. The molecule has 0 aliphatic carbocycles. The van der Waals surface area contributed by atoms with E-state index in [0.29, 0.717) is 17.3 Å². The Balaban J connectivity index is 1.83. The van der Waals surface area contributed by atoms with E-state index < -0.39 is 11.0 Å². The highest BCUT2D eigenvalue weighted by molar-refractivity contribution is 7.80. The van der Waals surface area contributed by atoms with E-state index in [1.54, 1.807) is 13.1 Å². The van der Waals surface area contributed by atoms with Gasteiger partial charge in [0.1, 0.15) is 0 Å². The number of nitrogens with zero attached hydrogens (tertiary/aromatic N) is 2. The molecule has 0 fully saturated rings. The highest BCUT2D eigenvalue weighted by atomic mass is 32.1. The van der Waals surface area contributed by atoms with Crippen LogP contribution in [-0.2, 0) is 6.54 Å². The Labute approximate surface area is 150 Å². The van der Waals surface area contributed by atoms with Crippen molar-refractivity contribution < 1.29 is 9.72 Å². The molecule has 2 rings (SSSR count). The maximum atomic E-state index is 12.0. The summed E-state index contributed by atoms with van der Waals surface area (Å²) in [6, 6.07) is 14.8. The highest BCUT2D eigenvalue weighted by Crippen LogP contribution is 2.16. The Bertz CT molecular complexity index is 769. The summed E-state index contributed by atoms with van der Waals surface area (Å²) in [4.78, 5) is 22.2. The van der Waals surface area contributed by atoms with Crippen LogP contribution in [0.15, 0.2) is 54.6 Å². The maximum Gasteiger partial charge on any atom is 0.338 e. The van der Waals surface area contributed by atoms with Crippen LogP contribution in [0.25, 0.3) is 0 Å². The lowest BCUT2D eigenvalue weighted by molar-refractivity contribution is -0.384. The van der Waals surface area contributed by atoms with E-state index in [1.165, 1.54) is 23.2 Å². The molecule has 0 aliphatic rings. The van der Waals surface area contributed by atoms with Crippen molar-refractivity contribution in [1.82, 2.24) is 15.8 Å². The number of nitro benzene ring substituents is 1. The number of rotatable bonds is 4. The summed E-state index contributed by atoms with van der Waals surface area (Å²) in [7, 11) is 1.59. The van der Waals surface area contributed by atoms with Gasteiger partial charge in [0.2, 0.25) is 0 Å². The molecular formula is C16H17N5O3S. The largest absolute Gasteiger partial charge is 0.357 e. The molecule has 0 radical (unpaired) electrons. The van der Waals surface area contributed by atoms with Crippen LogP contribution < -0.4 is 16.1 Å². The van der Waals surface area contributed by atoms with Crippen LogP contribution in [-0.4, -0.2) is 28.1 Å². The van der Waals surface area contributed by atoms with Crippen molar-refractivity contribution in [1.29, 1.82) is 0 Å². The fourth-order valence-electron chi connectivity index (χ4n) is 1.95. The van der Waals surface area contributed by atoms with Gasteiger partial charge in [0.15, 0.2) is 5.11 Å². The summed E-state index contributed by atoms with van der Waals surface area (Å²) in [5.41, 5.74) is 3.78. The molecule has 2 aromatic carbocycles. The van der Waals surface area contributed by atoms with Crippen LogP contribution >= 0.6 is 12.2 Å². The molecule has 2 amide bonds. The van der Waals surface area contributed by atoms with Gasteiger partial charge in [-0.15, -0.1) is 0 Å². The zero-order chi connectivity index (χ0) is 18.2. The minimum Gasteiger partial charge on any atom is -0.357 e. The summed E-state index contributed by atoms with van der Waals surface area (Å²) in [6.45, 7) is 0.526. The summed E-state index contributed by atoms with van der Waals surface area (Å²) >= 11 is 5.20. The van der Waals surface area contributed by atoms with E-state index in [4.69, 9.17) is 12.2 Å². The molecule has 9 heteroatoms. The number of nitro groups is 1. The van der Waals surface area contributed by atoms with Crippen molar-refractivity contribution in [2.24, 2.45) is 0 Å². The monoisotopic (exact) mass is 359 g/mol. The molecule has 3 N–H and O–H groups in total. The van der Waals surface area contributed by atoms with Gasteiger partial charge in [-0.25, -0.2) is 10.2 Å². The standard InChI is InChI=1S/C16H17N5O3S/c1-20(16(25)17-11-12-6-3-2-4-7-12)19-15(22)18-13-8-5-9-14(10-13)21(23)24/h2-10H,11H2,1H3,(H,17,25)(H2,18,19,22). The zero-order valence-corrected chi connectivity index (χ0v) is 14.2. The number of urea groups is 1. The number of hydrazine groups is 1. The van der Waals surface area contributed by atoms with Gasteiger partial charge < -0.3 is 10.6 Å². The van der Waals surface area contributed by atoms with E-state index in [9.17, 15) is 14.9 Å². The molecule has 0 aliphatic heterocycles. The summed E-state index contributed by atoms with van der Waals surface area (Å²) in [5, 5.41) is 18.0. The first-order chi connectivity index (χ1) is 12.0. The molecule has 0 heterocycles. The second-order valence-electron chi connectivity index (χ2n) is 5.08. The van der Waals surface area contributed by atoms with Crippen LogP contribution in [0.3, 0.4) is 0 Å². The Morgan fingerprint density at radius 1 is 1.20 bits per heavy atom. The van der Waals surface area contributed by atoms with E-state index in [0.717, 1.165) is 5.56 Å². The Hall–Kier alpha value is -3.20. The predicted molar refractivity (Wildman–Crippen MR) is 98.9 cm³/mol. The molecule has 0 spiro atoms. The fourth-order valence-corrected chi connectivity index (χ4v) is 2.07. The molecule has 25 heavy (non-hydrogen) atoms. The Morgan fingerprint density at radius 3 is 2.60 bits per heavy atom. The van der Waals surface area contributed by atoms with Gasteiger partial charge >= 0.3 is 6.03 Å². The number of thiocarbonyl (C=S) groups is 1. The number of anilines is 1. The zero-order valence-electron chi connectivity index (χ0n) is 13.4. The normalized spacial score (nSPS) is 9.80. The third kappa shape index (κ3) is 5.74. The second kappa shape index (κ2) is 8.60. The number of nitrogens with one attached hydrogen (secondary N) is 3. The lowest BCUT2D eigenvalue weighted by atomic mass is 10.2. The Morgan fingerprint density at radius 2 is 1.92 bits per heavy atom. The molecular weight excluding hydrogens is 342 g/mol. The van der Waals surface area contributed by atoms with Crippen LogP contribution in [0.1, 0.15) is 5.56 Å². The van der Waals surface area contributed by atoms with Crippen LogP contribution in [0.4, 0.5) is 16.2 Å². The van der Waals surface area contributed by atoms with Gasteiger partial charge in [-0.1, -0.05) is 36.4 Å². The van der Waals surface area contributed by atoms with Crippen molar-refractivity contribution >= 4 is 34.7 Å². The fraction of sp³-hybridized carbons (Fsp3) is 0.125. The molecule has 130 valence electrons. The molecule has 0 atom stereocenters. The van der Waals surface area contributed by atoms with Gasteiger partial charge in [0.05, 0.1) is 4.92 Å². The number of hydrogen-bond acceptors (Lipinski definition) is 4.